The van der Waals surface area contributed by atoms with Gasteiger partial charge in [-0.15, -0.1) is 11.3 Å². The van der Waals surface area contributed by atoms with Gasteiger partial charge in [0.1, 0.15) is 12.4 Å². The average Bonchev–Trinajstić information content (AvgIpc) is 3.06. The highest BCUT2D eigenvalue weighted by molar-refractivity contribution is 7.89. The second kappa shape index (κ2) is 6.09. The molecule has 0 fully saturated rings. The maximum Gasteiger partial charge on any atom is 0.274 e. The van der Waals surface area contributed by atoms with Crippen LogP contribution in [0.5, 0.6) is 0 Å². The van der Waals surface area contributed by atoms with E-state index >= 15 is 0 Å². The van der Waals surface area contributed by atoms with Gasteiger partial charge in [-0.1, -0.05) is 19.9 Å². The molecule has 0 bridgehead atoms. The molecule has 0 saturated carbocycles. The Hall–Kier alpha value is -1.15. The van der Waals surface area contributed by atoms with Crippen molar-refractivity contribution < 1.29 is 17.9 Å². The minimum Gasteiger partial charge on any atom is -0.446 e. The van der Waals surface area contributed by atoms with E-state index in [4.69, 9.17) is 9.52 Å². The van der Waals surface area contributed by atoms with Crippen LogP contribution in [0.1, 0.15) is 30.5 Å². The Morgan fingerprint density at radius 2 is 2.10 bits per heavy atom. The summed E-state index contributed by atoms with van der Waals surface area (Å²) in [6, 6.07) is 6.28. The van der Waals surface area contributed by atoms with Crippen molar-refractivity contribution in [2.45, 2.75) is 31.6 Å². The van der Waals surface area contributed by atoms with E-state index in [2.05, 4.69) is 4.72 Å². The van der Waals surface area contributed by atoms with Crippen LogP contribution in [0.2, 0.25) is 0 Å². The SMILES string of the molecule is CC(C)C(NS(=O)(=O)c1ccc(CO)o1)c1cccs1. The van der Waals surface area contributed by atoms with Crippen molar-refractivity contribution in [3.63, 3.8) is 0 Å². The van der Waals surface area contributed by atoms with Crippen LogP contribution in [0.25, 0.3) is 0 Å². The topological polar surface area (TPSA) is 79.5 Å². The van der Waals surface area contributed by atoms with Gasteiger partial charge in [0.25, 0.3) is 10.0 Å². The van der Waals surface area contributed by atoms with Gasteiger partial charge in [0.15, 0.2) is 0 Å². The van der Waals surface area contributed by atoms with Gasteiger partial charge in [-0.3, -0.25) is 0 Å². The molecule has 0 aromatic carbocycles. The fourth-order valence-corrected chi connectivity index (χ4v) is 4.14. The number of aliphatic hydroxyl groups excluding tert-OH is 1. The first-order valence-corrected chi connectivity index (χ1v) is 8.55. The van der Waals surface area contributed by atoms with Crippen LogP contribution < -0.4 is 4.72 Å². The summed E-state index contributed by atoms with van der Waals surface area (Å²) in [6.45, 7) is 3.58. The van der Waals surface area contributed by atoms with Gasteiger partial charge in [-0.25, -0.2) is 8.42 Å². The standard InChI is InChI=1S/C13H17NO4S2/c1-9(2)13(11-4-3-7-19-11)14-20(16,17)12-6-5-10(8-15)18-12/h3-7,9,13-15H,8H2,1-2H3. The first-order valence-electron chi connectivity index (χ1n) is 6.19. The number of sulfonamides is 1. The summed E-state index contributed by atoms with van der Waals surface area (Å²) >= 11 is 1.51. The van der Waals surface area contributed by atoms with Gasteiger partial charge in [-0.05, 0) is 29.5 Å². The normalized spacial score (nSPS) is 13.8. The minimum absolute atomic E-state index is 0.107. The smallest absolute Gasteiger partial charge is 0.274 e. The third-order valence-electron chi connectivity index (χ3n) is 2.86. The Kier molecular flexibility index (Phi) is 4.64. The molecule has 1 atom stereocenters. The maximum absolute atomic E-state index is 12.3. The molecule has 0 amide bonds. The molecule has 5 nitrogen and oxygen atoms in total. The molecule has 2 heterocycles. The summed E-state index contributed by atoms with van der Waals surface area (Å²) < 4.78 is 32.3. The fraction of sp³-hybridized carbons (Fsp3) is 0.385. The van der Waals surface area contributed by atoms with E-state index in [1.54, 1.807) is 0 Å². The van der Waals surface area contributed by atoms with Crippen molar-refractivity contribution in [3.05, 3.63) is 40.3 Å². The van der Waals surface area contributed by atoms with Crippen LogP contribution in [-0.2, 0) is 16.6 Å². The van der Waals surface area contributed by atoms with Crippen molar-refractivity contribution >= 4 is 21.4 Å². The van der Waals surface area contributed by atoms with Crippen molar-refractivity contribution in [1.82, 2.24) is 4.72 Å². The molecule has 2 aromatic rings. The number of thiophene rings is 1. The van der Waals surface area contributed by atoms with E-state index in [0.717, 1.165) is 4.88 Å². The van der Waals surface area contributed by atoms with Crippen molar-refractivity contribution in [3.8, 4) is 0 Å². The van der Waals surface area contributed by atoms with Crippen LogP contribution in [0.4, 0.5) is 0 Å². The number of nitrogens with one attached hydrogen (secondary N) is 1. The maximum atomic E-state index is 12.3. The summed E-state index contributed by atoms with van der Waals surface area (Å²) in [5.41, 5.74) is 0. The molecule has 110 valence electrons. The molecule has 0 aliphatic heterocycles. The Bertz CT molecular complexity index is 644. The van der Waals surface area contributed by atoms with Gasteiger partial charge < -0.3 is 9.52 Å². The molecule has 0 radical (unpaired) electrons. The van der Waals surface area contributed by atoms with Crippen LogP contribution in [0.3, 0.4) is 0 Å². The van der Waals surface area contributed by atoms with Gasteiger partial charge in [0.05, 0.1) is 6.04 Å². The summed E-state index contributed by atoms with van der Waals surface area (Å²) in [5, 5.41) is 10.7. The molecule has 0 spiro atoms. The molecule has 2 aromatic heterocycles. The fourth-order valence-electron chi connectivity index (χ4n) is 1.80. The monoisotopic (exact) mass is 315 g/mol. The predicted molar refractivity (Wildman–Crippen MR) is 76.9 cm³/mol. The molecule has 7 heteroatoms. The molecule has 1 unspecified atom stereocenters. The third kappa shape index (κ3) is 3.29. The zero-order chi connectivity index (χ0) is 14.8. The van der Waals surface area contributed by atoms with Gasteiger partial charge in [-0.2, -0.15) is 4.72 Å². The highest BCUT2D eigenvalue weighted by Gasteiger charge is 2.26. The van der Waals surface area contributed by atoms with Crippen LogP contribution in [0.15, 0.2) is 39.2 Å². The second-order valence-electron chi connectivity index (χ2n) is 4.74. The van der Waals surface area contributed by atoms with E-state index in [0.29, 0.717) is 0 Å². The Morgan fingerprint density at radius 3 is 2.60 bits per heavy atom. The third-order valence-corrected chi connectivity index (χ3v) is 5.12. The molecular weight excluding hydrogens is 298 g/mol. The largest absolute Gasteiger partial charge is 0.446 e. The van der Waals surface area contributed by atoms with E-state index in [-0.39, 0.29) is 29.4 Å². The molecule has 20 heavy (non-hydrogen) atoms. The number of aliphatic hydroxyl groups is 1. The number of rotatable bonds is 6. The lowest BCUT2D eigenvalue weighted by Crippen LogP contribution is -2.31. The van der Waals surface area contributed by atoms with E-state index < -0.39 is 10.0 Å². The Labute approximate surface area is 122 Å². The van der Waals surface area contributed by atoms with Crippen LogP contribution in [-0.4, -0.2) is 13.5 Å². The minimum atomic E-state index is -3.74. The Morgan fingerprint density at radius 1 is 1.35 bits per heavy atom. The Balaban J connectivity index is 2.25. The lowest BCUT2D eigenvalue weighted by molar-refractivity contribution is 0.236. The molecule has 2 N–H and O–H groups in total. The second-order valence-corrected chi connectivity index (χ2v) is 7.36. The molecular formula is C13H17NO4S2. The number of furan rings is 1. The summed E-state index contributed by atoms with van der Waals surface area (Å²) in [5.74, 6) is 0.332. The van der Waals surface area contributed by atoms with Gasteiger partial charge in [0.2, 0.25) is 5.09 Å². The molecule has 0 saturated heterocycles. The average molecular weight is 315 g/mol. The zero-order valence-corrected chi connectivity index (χ0v) is 12.9. The first-order chi connectivity index (χ1) is 9.44. The first kappa shape index (κ1) is 15.2. The van der Waals surface area contributed by atoms with E-state index in [9.17, 15) is 8.42 Å². The van der Waals surface area contributed by atoms with Crippen molar-refractivity contribution in [1.29, 1.82) is 0 Å². The van der Waals surface area contributed by atoms with Crippen molar-refractivity contribution in [2.24, 2.45) is 5.92 Å². The predicted octanol–water partition coefficient (Wildman–Crippen LogP) is 2.51. The van der Waals surface area contributed by atoms with Gasteiger partial charge in [0, 0.05) is 4.88 Å². The lowest BCUT2D eigenvalue weighted by Gasteiger charge is -2.20. The molecule has 2 rings (SSSR count). The highest BCUT2D eigenvalue weighted by Crippen LogP contribution is 2.28. The van der Waals surface area contributed by atoms with E-state index in [1.807, 2.05) is 31.4 Å². The molecule has 0 aliphatic carbocycles. The summed E-state index contributed by atoms with van der Waals surface area (Å²) in [4.78, 5) is 0.956. The van der Waals surface area contributed by atoms with Crippen LogP contribution >= 0.6 is 11.3 Å². The number of hydrogen-bond donors (Lipinski definition) is 2. The molecule has 0 aliphatic rings. The van der Waals surface area contributed by atoms with Crippen LogP contribution in [0, 0.1) is 5.92 Å². The summed E-state index contributed by atoms with van der Waals surface area (Å²) in [6.07, 6.45) is 0. The van der Waals surface area contributed by atoms with Gasteiger partial charge >= 0.3 is 0 Å². The van der Waals surface area contributed by atoms with Crippen molar-refractivity contribution in [2.75, 3.05) is 0 Å². The lowest BCUT2D eigenvalue weighted by atomic mass is 10.0. The highest BCUT2D eigenvalue weighted by atomic mass is 32.2. The van der Waals surface area contributed by atoms with E-state index in [1.165, 1.54) is 23.5 Å². The zero-order valence-electron chi connectivity index (χ0n) is 11.2. The number of hydrogen-bond acceptors (Lipinski definition) is 5. The summed E-state index contributed by atoms with van der Waals surface area (Å²) in [7, 11) is -3.74. The quantitative estimate of drug-likeness (QED) is 0.858.